The van der Waals surface area contributed by atoms with Crippen molar-refractivity contribution in [3.05, 3.63) is 52.0 Å². The van der Waals surface area contributed by atoms with Crippen LogP contribution in [0.15, 0.2) is 30.7 Å². The summed E-state index contributed by atoms with van der Waals surface area (Å²) in [5, 5.41) is 1.18. The smallest absolute Gasteiger partial charge is 0.274 e. The summed E-state index contributed by atoms with van der Waals surface area (Å²) >= 11 is 12.3. The number of hydrogen-bond acceptors (Lipinski definition) is 3. The average molecular weight is 444 g/mol. The van der Waals surface area contributed by atoms with Crippen LogP contribution in [0.3, 0.4) is 0 Å². The molecule has 0 N–H and O–H groups in total. The largest absolute Gasteiger partial charge is 0.340 e. The molecule has 28 heavy (non-hydrogen) atoms. The molecule has 0 radical (unpaired) electrons. The lowest BCUT2D eigenvalue weighted by Gasteiger charge is -2.25. The molecule has 2 aliphatic rings. The van der Waals surface area contributed by atoms with Crippen molar-refractivity contribution in [1.29, 1.82) is 0 Å². The van der Waals surface area contributed by atoms with E-state index in [1.807, 2.05) is 24.1 Å². The number of carbonyl (C=O) groups excluding carboxylic acids is 1. The fourth-order valence-corrected chi connectivity index (χ4v) is 4.92. The minimum atomic E-state index is -0.0379. The van der Waals surface area contributed by atoms with Gasteiger partial charge in [-0.25, -0.2) is 4.98 Å². The summed E-state index contributed by atoms with van der Waals surface area (Å²) in [6.45, 7) is 6.87. The van der Waals surface area contributed by atoms with E-state index in [4.69, 9.17) is 23.2 Å². The molecule has 5 nitrogen and oxygen atoms in total. The Morgan fingerprint density at radius 1 is 1.21 bits per heavy atom. The van der Waals surface area contributed by atoms with Crippen LogP contribution in [0.1, 0.15) is 23.0 Å². The molecule has 2 fully saturated rings. The van der Waals surface area contributed by atoms with Crippen molar-refractivity contribution in [3.63, 3.8) is 0 Å². The number of aromatic nitrogens is 2. The third-order valence-electron chi connectivity index (χ3n) is 5.83. The molecule has 4 rings (SSSR count). The molecule has 1 aliphatic carbocycles. The first-order valence-electron chi connectivity index (χ1n) is 9.39. The molecular formula is C20H25Cl3N4O. The number of nitrogens with zero attached hydrogens (tertiary/aromatic N) is 4. The lowest BCUT2D eigenvalue weighted by atomic mass is 10.1. The normalized spacial score (nSPS) is 23.2. The molecule has 1 amide bonds. The fraction of sp³-hybridized carbons (Fsp3) is 0.500. The van der Waals surface area contributed by atoms with Gasteiger partial charge in [-0.1, -0.05) is 30.1 Å². The van der Waals surface area contributed by atoms with Crippen molar-refractivity contribution in [1.82, 2.24) is 19.4 Å². The van der Waals surface area contributed by atoms with Gasteiger partial charge in [0.05, 0.1) is 6.33 Å². The van der Waals surface area contributed by atoms with Crippen LogP contribution in [-0.4, -0.2) is 51.4 Å². The van der Waals surface area contributed by atoms with E-state index in [0.717, 1.165) is 31.7 Å². The van der Waals surface area contributed by atoms with Crippen molar-refractivity contribution in [2.45, 2.75) is 13.5 Å². The lowest BCUT2D eigenvalue weighted by Crippen LogP contribution is -2.35. The number of hydrogen-bond donors (Lipinski definition) is 0. The van der Waals surface area contributed by atoms with Gasteiger partial charge in [0.2, 0.25) is 0 Å². The second-order valence-electron chi connectivity index (χ2n) is 7.73. The minimum Gasteiger partial charge on any atom is -0.340 e. The SMILES string of the molecule is CCN1CC2C(C1)C2CN(Cc1cc(Cl)cc(Cl)c1)C(=O)c1cn(C)cn1.Cl. The summed E-state index contributed by atoms with van der Waals surface area (Å²) in [7, 11) is 1.87. The summed E-state index contributed by atoms with van der Waals surface area (Å²) in [6, 6.07) is 5.46. The van der Waals surface area contributed by atoms with E-state index in [0.29, 0.717) is 40.0 Å². The highest BCUT2D eigenvalue weighted by Crippen LogP contribution is 2.52. The molecule has 1 saturated heterocycles. The van der Waals surface area contributed by atoms with Gasteiger partial charge >= 0.3 is 0 Å². The number of likely N-dealkylation sites (tertiary alicyclic amines) is 1. The Kier molecular flexibility index (Phi) is 6.60. The van der Waals surface area contributed by atoms with Crippen molar-refractivity contribution >= 4 is 41.5 Å². The Hall–Kier alpha value is -1.27. The molecule has 0 bridgehead atoms. The van der Waals surface area contributed by atoms with Gasteiger partial charge in [0.15, 0.2) is 0 Å². The Morgan fingerprint density at radius 3 is 2.39 bits per heavy atom. The van der Waals surface area contributed by atoms with Crippen molar-refractivity contribution in [2.75, 3.05) is 26.2 Å². The summed E-state index contributed by atoms with van der Waals surface area (Å²) in [5.41, 5.74) is 1.42. The predicted molar refractivity (Wildman–Crippen MR) is 114 cm³/mol. The number of halogens is 3. The second-order valence-corrected chi connectivity index (χ2v) is 8.60. The van der Waals surface area contributed by atoms with E-state index in [-0.39, 0.29) is 18.3 Å². The Labute approximate surface area is 182 Å². The van der Waals surface area contributed by atoms with E-state index in [1.165, 1.54) is 0 Å². The molecule has 1 saturated carbocycles. The lowest BCUT2D eigenvalue weighted by molar-refractivity contribution is 0.0719. The zero-order valence-corrected chi connectivity index (χ0v) is 18.3. The van der Waals surface area contributed by atoms with E-state index in [2.05, 4.69) is 16.8 Å². The number of rotatable bonds is 6. The predicted octanol–water partition coefficient (Wildman–Crippen LogP) is 3.99. The highest BCUT2D eigenvalue weighted by atomic mass is 35.5. The quantitative estimate of drug-likeness (QED) is 0.678. The Bertz CT molecular complexity index is 823. The molecule has 0 spiro atoms. The summed E-state index contributed by atoms with van der Waals surface area (Å²) in [6.07, 6.45) is 3.43. The van der Waals surface area contributed by atoms with Gasteiger partial charge in [0, 0.05) is 49.5 Å². The third kappa shape index (κ3) is 4.48. The number of benzene rings is 1. The molecular weight excluding hydrogens is 419 g/mol. The third-order valence-corrected chi connectivity index (χ3v) is 6.27. The molecule has 2 aromatic rings. The van der Waals surface area contributed by atoms with E-state index < -0.39 is 0 Å². The van der Waals surface area contributed by atoms with Crippen LogP contribution >= 0.6 is 35.6 Å². The van der Waals surface area contributed by atoms with Crippen LogP contribution in [0.2, 0.25) is 10.0 Å². The first-order valence-corrected chi connectivity index (χ1v) is 10.1. The summed E-state index contributed by atoms with van der Waals surface area (Å²) in [5.74, 6) is 1.97. The zero-order chi connectivity index (χ0) is 19.1. The molecule has 1 aliphatic heterocycles. The number of piperidine rings is 1. The van der Waals surface area contributed by atoms with Gasteiger partial charge in [0.25, 0.3) is 5.91 Å². The van der Waals surface area contributed by atoms with Crippen LogP contribution in [0.5, 0.6) is 0 Å². The van der Waals surface area contributed by atoms with E-state index in [9.17, 15) is 4.79 Å². The maximum absolute atomic E-state index is 13.1. The average Bonchev–Trinajstić information content (AvgIpc) is 2.99. The highest BCUT2D eigenvalue weighted by molar-refractivity contribution is 6.34. The highest BCUT2D eigenvalue weighted by Gasteiger charge is 2.55. The van der Waals surface area contributed by atoms with Gasteiger partial charge in [-0.15, -0.1) is 12.4 Å². The standard InChI is InChI=1S/C20H24Cl2N4O.ClH/c1-3-25-8-16-17(9-25)18(16)10-26(20(27)19-11-24(2)12-23-19)7-13-4-14(21)6-15(22)5-13;/h4-6,11-12,16-18H,3,7-10H2,1-2H3;1H. The monoisotopic (exact) mass is 442 g/mol. The van der Waals surface area contributed by atoms with Crippen LogP contribution in [0.4, 0.5) is 0 Å². The van der Waals surface area contributed by atoms with Crippen molar-refractivity contribution in [2.24, 2.45) is 24.8 Å². The van der Waals surface area contributed by atoms with Crippen LogP contribution in [0, 0.1) is 17.8 Å². The van der Waals surface area contributed by atoms with Gasteiger partial charge in [-0.05, 0) is 48.1 Å². The zero-order valence-electron chi connectivity index (χ0n) is 16.0. The summed E-state index contributed by atoms with van der Waals surface area (Å²) < 4.78 is 1.80. The first kappa shape index (κ1) is 21.4. The molecule has 1 aromatic heterocycles. The van der Waals surface area contributed by atoms with Gasteiger partial charge < -0.3 is 14.4 Å². The van der Waals surface area contributed by atoms with Crippen molar-refractivity contribution < 1.29 is 4.79 Å². The van der Waals surface area contributed by atoms with Crippen molar-refractivity contribution in [3.8, 4) is 0 Å². The fourth-order valence-electron chi connectivity index (χ4n) is 4.35. The van der Waals surface area contributed by atoms with Gasteiger partial charge in [-0.2, -0.15) is 0 Å². The van der Waals surface area contributed by atoms with Crippen LogP contribution in [0.25, 0.3) is 0 Å². The topological polar surface area (TPSA) is 41.4 Å². The molecule has 1 aromatic carbocycles. The van der Waals surface area contributed by atoms with Crippen LogP contribution in [-0.2, 0) is 13.6 Å². The van der Waals surface area contributed by atoms with Gasteiger partial charge in [0.1, 0.15) is 5.69 Å². The molecule has 2 atom stereocenters. The molecule has 2 heterocycles. The number of aryl methyl sites for hydroxylation is 1. The number of fused-ring (bicyclic) bond motifs is 1. The Morgan fingerprint density at radius 2 is 1.86 bits per heavy atom. The molecule has 8 heteroatoms. The number of carbonyl (C=O) groups is 1. The maximum atomic E-state index is 13.1. The first-order chi connectivity index (χ1) is 12.9. The number of imidazole rings is 1. The Balaban J connectivity index is 0.00000225. The van der Waals surface area contributed by atoms with Gasteiger partial charge in [-0.3, -0.25) is 4.79 Å². The molecule has 152 valence electrons. The minimum absolute atomic E-state index is 0. The summed E-state index contributed by atoms with van der Waals surface area (Å²) in [4.78, 5) is 21.8. The molecule has 2 unspecified atom stereocenters. The van der Waals surface area contributed by atoms with E-state index in [1.54, 1.807) is 23.2 Å². The number of amides is 1. The van der Waals surface area contributed by atoms with E-state index >= 15 is 0 Å². The van der Waals surface area contributed by atoms with Crippen LogP contribution < -0.4 is 0 Å². The maximum Gasteiger partial charge on any atom is 0.274 e. The second kappa shape index (κ2) is 8.62.